The summed E-state index contributed by atoms with van der Waals surface area (Å²) in [6, 6.07) is 3.51. The first-order valence-corrected chi connectivity index (χ1v) is 13.1. The van der Waals surface area contributed by atoms with Crippen LogP contribution >= 0.6 is 11.6 Å². The molecule has 2 aromatic rings. The molecule has 1 aliphatic rings. The SMILES string of the molecule is CCc1c(CC)c2c(c(CC)c1OC(C)=O)CCC(CC)(COc1ccc(CC(Cl)C(=O)O)cn1)O2. The van der Waals surface area contributed by atoms with E-state index in [1.54, 1.807) is 18.3 Å². The number of halogens is 1. The van der Waals surface area contributed by atoms with Gasteiger partial charge in [0.25, 0.3) is 0 Å². The highest BCUT2D eigenvalue weighted by molar-refractivity contribution is 6.29. The number of fused-ring (bicyclic) bond motifs is 1. The highest BCUT2D eigenvalue weighted by atomic mass is 35.5. The van der Waals surface area contributed by atoms with Crippen LogP contribution in [0.1, 0.15) is 75.3 Å². The molecule has 1 N–H and O–H groups in total. The third-order valence-electron chi connectivity index (χ3n) is 6.89. The third kappa shape index (κ3) is 5.94. The number of nitrogens with zero attached hydrogens (tertiary/aromatic N) is 1. The molecule has 2 heterocycles. The van der Waals surface area contributed by atoms with Gasteiger partial charge in [0.2, 0.25) is 5.88 Å². The summed E-state index contributed by atoms with van der Waals surface area (Å²) in [6.45, 7) is 10.1. The molecule has 0 spiro atoms. The molecule has 0 aliphatic carbocycles. The van der Waals surface area contributed by atoms with Crippen LogP contribution in [0, 0.1) is 0 Å². The molecule has 7 nitrogen and oxygen atoms in total. The van der Waals surface area contributed by atoms with Gasteiger partial charge in [-0.2, -0.15) is 0 Å². The van der Waals surface area contributed by atoms with Crippen molar-refractivity contribution in [2.75, 3.05) is 6.61 Å². The summed E-state index contributed by atoms with van der Waals surface area (Å²) in [5, 5.41) is 8.00. The normalized spacial score (nSPS) is 17.6. The lowest BCUT2D eigenvalue weighted by Crippen LogP contribution is -2.45. The van der Waals surface area contributed by atoms with Gasteiger partial charge in [-0.1, -0.05) is 33.8 Å². The van der Waals surface area contributed by atoms with Crippen LogP contribution in [-0.2, 0) is 41.7 Å². The van der Waals surface area contributed by atoms with Crippen molar-refractivity contribution in [3.05, 3.63) is 46.1 Å². The zero-order valence-corrected chi connectivity index (χ0v) is 22.5. The molecule has 0 amide bonds. The van der Waals surface area contributed by atoms with Crippen LogP contribution in [0.15, 0.2) is 18.3 Å². The zero-order valence-electron chi connectivity index (χ0n) is 21.8. The first-order chi connectivity index (χ1) is 17.2. The first kappa shape index (κ1) is 27.8. The fourth-order valence-electron chi connectivity index (χ4n) is 4.88. The molecule has 1 aromatic heterocycles. The molecular weight excluding hydrogens is 482 g/mol. The molecular formula is C28H36ClNO6. The second-order valence-corrected chi connectivity index (χ2v) is 9.70. The second kappa shape index (κ2) is 12.0. The van der Waals surface area contributed by atoms with E-state index in [1.165, 1.54) is 6.92 Å². The van der Waals surface area contributed by atoms with Crippen molar-refractivity contribution < 1.29 is 28.9 Å². The fourth-order valence-corrected chi connectivity index (χ4v) is 5.06. The number of hydrogen-bond acceptors (Lipinski definition) is 6. The fraction of sp³-hybridized carbons (Fsp3) is 0.536. The van der Waals surface area contributed by atoms with Crippen LogP contribution < -0.4 is 14.2 Å². The van der Waals surface area contributed by atoms with E-state index in [4.69, 9.17) is 30.9 Å². The summed E-state index contributed by atoms with van der Waals surface area (Å²) < 4.78 is 18.6. The molecule has 1 aromatic carbocycles. The van der Waals surface area contributed by atoms with Crippen molar-refractivity contribution in [2.45, 2.75) is 90.5 Å². The minimum Gasteiger partial charge on any atom is -0.483 e. The van der Waals surface area contributed by atoms with Gasteiger partial charge in [0.15, 0.2) is 0 Å². The number of carbonyl (C=O) groups excluding carboxylic acids is 1. The number of alkyl halides is 1. The lowest BCUT2D eigenvalue weighted by atomic mass is 9.83. The van der Waals surface area contributed by atoms with Crippen molar-refractivity contribution in [1.29, 1.82) is 0 Å². The Hall–Kier alpha value is -2.80. The summed E-state index contributed by atoms with van der Waals surface area (Å²) in [5.41, 5.74) is 4.52. The highest BCUT2D eigenvalue weighted by Gasteiger charge is 2.39. The quantitative estimate of drug-likeness (QED) is 0.239. The summed E-state index contributed by atoms with van der Waals surface area (Å²) in [4.78, 5) is 27.2. The van der Waals surface area contributed by atoms with Gasteiger partial charge in [-0.05, 0) is 44.1 Å². The molecule has 0 fully saturated rings. The third-order valence-corrected chi connectivity index (χ3v) is 7.23. The number of ether oxygens (including phenoxy) is 3. The minimum atomic E-state index is -1.06. The predicted octanol–water partition coefficient (Wildman–Crippen LogP) is 5.48. The van der Waals surface area contributed by atoms with Crippen LogP contribution in [0.25, 0.3) is 0 Å². The van der Waals surface area contributed by atoms with E-state index >= 15 is 0 Å². The Kier molecular flexibility index (Phi) is 9.23. The summed E-state index contributed by atoms with van der Waals surface area (Å²) in [7, 11) is 0. The molecule has 8 heteroatoms. The average molecular weight is 518 g/mol. The van der Waals surface area contributed by atoms with Gasteiger partial charge in [0, 0.05) is 47.9 Å². The molecule has 0 radical (unpaired) electrons. The average Bonchev–Trinajstić information content (AvgIpc) is 2.87. The Morgan fingerprint density at radius 3 is 2.36 bits per heavy atom. The van der Waals surface area contributed by atoms with E-state index in [0.717, 1.165) is 72.1 Å². The van der Waals surface area contributed by atoms with Crippen LogP contribution in [0.3, 0.4) is 0 Å². The Balaban J connectivity index is 1.87. The number of carboxylic acids is 1. The van der Waals surface area contributed by atoms with Gasteiger partial charge in [0.1, 0.15) is 29.1 Å². The summed E-state index contributed by atoms with van der Waals surface area (Å²) in [6.07, 6.45) is 6.38. The van der Waals surface area contributed by atoms with E-state index in [0.29, 0.717) is 18.2 Å². The smallest absolute Gasteiger partial charge is 0.321 e. The van der Waals surface area contributed by atoms with E-state index in [1.807, 2.05) is 0 Å². The number of hydrogen-bond donors (Lipinski definition) is 1. The number of carbonyl (C=O) groups is 2. The van der Waals surface area contributed by atoms with Gasteiger partial charge in [-0.15, -0.1) is 11.6 Å². The van der Waals surface area contributed by atoms with Gasteiger partial charge in [-0.25, -0.2) is 4.98 Å². The van der Waals surface area contributed by atoms with Crippen LogP contribution in [-0.4, -0.2) is 39.6 Å². The Bertz CT molecular complexity index is 1080. The molecule has 1 aliphatic heterocycles. The minimum absolute atomic E-state index is 0.192. The first-order valence-electron chi connectivity index (χ1n) is 12.7. The maximum atomic E-state index is 11.9. The number of pyridine rings is 1. The van der Waals surface area contributed by atoms with Crippen molar-refractivity contribution >= 4 is 23.5 Å². The maximum absolute atomic E-state index is 11.9. The van der Waals surface area contributed by atoms with E-state index < -0.39 is 16.9 Å². The largest absolute Gasteiger partial charge is 0.483 e. The van der Waals surface area contributed by atoms with E-state index in [2.05, 4.69) is 32.7 Å². The van der Waals surface area contributed by atoms with Crippen LogP contribution in [0.4, 0.5) is 0 Å². The van der Waals surface area contributed by atoms with Gasteiger partial charge in [-0.3, -0.25) is 9.59 Å². The molecule has 2 unspecified atom stereocenters. The summed E-state index contributed by atoms with van der Waals surface area (Å²) in [5.74, 6) is 0.701. The Morgan fingerprint density at radius 2 is 1.83 bits per heavy atom. The van der Waals surface area contributed by atoms with Gasteiger partial charge < -0.3 is 19.3 Å². The highest BCUT2D eigenvalue weighted by Crippen LogP contribution is 2.46. The molecule has 0 saturated carbocycles. The second-order valence-electron chi connectivity index (χ2n) is 9.17. The molecule has 2 atom stereocenters. The number of rotatable bonds is 11. The Morgan fingerprint density at radius 1 is 1.14 bits per heavy atom. The van der Waals surface area contributed by atoms with Crippen molar-refractivity contribution in [3.8, 4) is 17.4 Å². The monoisotopic (exact) mass is 517 g/mol. The number of esters is 1. The number of benzene rings is 1. The summed E-state index contributed by atoms with van der Waals surface area (Å²) >= 11 is 5.83. The van der Waals surface area contributed by atoms with Crippen molar-refractivity contribution in [2.24, 2.45) is 0 Å². The van der Waals surface area contributed by atoms with Crippen LogP contribution in [0.2, 0.25) is 0 Å². The number of aliphatic carboxylic acids is 1. The lowest BCUT2D eigenvalue weighted by molar-refractivity contribution is -0.136. The number of aromatic nitrogens is 1. The maximum Gasteiger partial charge on any atom is 0.321 e. The van der Waals surface area contributed by atoms with E-state index in [-0.39, 0.29) is 12.4 Å². The molecule has 36 heavy (non-hydrogen) atoms. The zero-order chi connectivity index (χ0) is 26.5. The molecule has 0 saturated heterocycles. The van der Waals surface area contributed by atoms with Crippen LogP contribution in [0.5, 0.6) is 17.4 Å². The Labute approximate surface area is 218 Å². The molecule has 3 rings (SSSR count). The number of carboxylic acid groups (broad SMARTS) is 1. The van der Waals surface area contributed by atoms with Gasteiger partial charge >= 0.3 is 11.9 Å². The van der Waals surface area contributed by atoms with Crippen molar-refractivity contribution in [3.63, 3.8) is 0 Å². The predicted molar refractivity (Wildman–Crippen MR) is 139 cm³/mol. The standard InChI is InChI=1S/C28H36ClNO6/c1-6-19-20(7-2)26-22(21(8-3)25(19)35-17(5)31)12-13-28(9-4,36-26)16-34-24-11-10-18(15-30-24)14-23(29)27(32)33/h10-11,15,23H,6-9,12-14,16H2,1-5H3,(H,32,33). The van der Waals surface area contributed by atoms with Crippen molar-refractivity contribution in [1.82, 2.24) is 4.98 Å². The topological polar surface area (TPSA) is 95.0 Å². The lowest BCUT2D eigenvalue weighted by Gasteiger charge is -2.40. The molecule has 0 bridgehead atoms. The molecule has 196 valence electrons. The van der Waals surface area contributed by atoms with E-state index in [9.17, 15) is 9.59 Å². The van der Waals surface area contributed by atoms with Gasteiger partial charge in [0.05, 0.1) is 0 Å².